The largest absolute Gasteiger partial charge is 0.449 e. The first-order valence-electron chi connectivity index (χ1n) is 20.4. The smallest absolute Gasteiger partial charge is 0.361 e. The first-order valence-corrected chi connectivity index (χ1v) is 21.9. The molecule has 1 aliphatic rings. The van der Waals surface area contributed by atoms with E-state index in [9.17, 15) is 21.6 Å². The summed E-state index contributed by atoms with van der Waals surface area (Å²) in [6.45, 7) is 5.36. The van der Waals surface area contributed by atoms with E-state index in [0.717, 1.165) is 26.9 Å². The van der Waals surface area contributed by atoms with E-state index in [-0.39, 0.29) is 17.0 Å². The number of halogens is 3. The molecule has 11 aromatic rings. The number of nitrogens with one attached hydrogen (secondary N) is 2. The SMILES string of the molecule is Cc1noc(C)c1-c1cc(-c2cccc3nc(-n4c(NS(=O)(=O)C5CC5)nc5c6cc(cc54)c4c(C)onc4c4cccc(c4)c4ncccc64)ccc23)c2nc(C(F)(F)F)[nH]c2c1. The van der Waals surface area contributed by atoms with Crippen LogP contribution >= 0.6 is 0 Å². The third kappa shape index (κ3) is 5.87. The van der Waals surface area contributed by atoms with Crippen LogP contribution in [0.2, 0.25) is 0 Å². The van der Waals surface area contributed by atoms with Crippen LogP contribution in [0.4, 0.5) is 19.1 Å². The number of alkyl halides is 3. The van der Waals surface area contributed by atoms with Crippen molar-refractivity contribution in [2.75, 3.05) is 4.72 Å². The highest BCUT2D eigenvalue weighted by Gasteiger charge is 2.38. The quantitative estimate of drug-likeness (QED) is 0.164. The van der Waals surface area contributed by atoms with E-state index < -0.39 is 27.3 Å². The molecule has 0 spiro atoms. The van der Waals surface area contributed by atoms with Crippen molar-refractivity contribution in [3.05, 3.63) is 120 Å². The van der Waals surface area contributed by atoms with Crippen molar-refractivity contribution >= 4 is 92.3 Å². The van der Waals surface area contributed by atoms with Crippen molar-refractivity contribution in [3.8, 4) is 28.1 Å². The average Bonchev–Trinajstić information content (AvgIpc) is 3.61. The molecule has 1 aliphatic carbocycles. The molecule has 4 bridgehead atoms. The third-order valence-electron chi connectivity index (χ3n) is 12.0. The number of benzene rings is 4. The number of sulfonamides is 1. The molecule has 1 fully saturated rings. The Labute approximate surface area is 359 Å². The number of aromatic nitrogens is 8. The molecular formula is C47H32F3N9O4S. The fourth-order valence-electron chi connectivity index (χ4n) is 8.99. The van der Waals surface area contributed by atoms with Gasteiger partial charge in [-0.3, -0.25) is 14.3 Å². The van der Waals surface area contributed by atoms with Crippen LogP contribution in [0.5, 0.6) is 0 Å². The Morgan fingerprint density at radius 2 is 1.53 bits per heavy atom. The average molecular weight is 876 g/mol. The van der Waals surface area contributed by atoms with Gasteiger partial charge in [0.2, 0.25) is 21.8 Å². The predicted octanol–water partition coefficient (Wildman–Crippen LogP) is 11.2. The highest BCUT2D eigenvalue weighted by atomic mass is 32.2. The van der Waals surface area contributed by atoms with Gasteiger partial charge in [0.25, 0.3) is 0 Å². The maximum Gasteiger partial charge on any atom is 0.449 e. The number of imidazole rings is 2. The molecule has 5 aromatic carbocycles. The van der Waals surface area contributed by atoms with Crippen LogP contribution in [-0.2, 0) is 16.2 Å². The summed E-state index contributed by atoms with van der Waals surface area (Å²) in [6.07, 6.45) is -1.94. The second kappa shape index (κ2) is 13.4. The van der Waals surface area contributed by atoms with E-state index >= 15 is 0 Å². The molecule has 0 radical (unpaired) electrons. The molecule has 6 heterocycles. The van der Waals surface area contributed by atoms with Crippen molar-refractivity contribution in [1.82, 2.24) is 39.8 Å². The topological polar surface area (TPSA) is 171 Å². The summed E-state index contributed by atoms with van der Waals surface area (Å²) in [5.74, 6) is 0.343. The molecule has 0 atom stereocenters. The molecule has 17 heteroatoms. The molecule has 0 amide bonds. The molecule has 316 valence electrons. The molecule has 64 heavy (non-hydrogen) atoms. The fraction of sp³-hybridized carbons (Fsp3) is 0.149. The van der Waals surface area contributed by atoms with Gasteiger partial charge in [0.15, 0.2) is 0 Å². The van der Waals surface area contributed by atoms with Crippen molar-refractivity contribution in [2.45, 2.75) is 45.0 Å². The summed E-state index contributed by atoms with van der Waals surface area (Å²) in [5.41, 5.74) is 5.97. The van der Waals surface area contributed by atoms with E-state index in [1.165, 1.54) is 0 Å². The molecule has 0 unspecified atom stereocenters. The lowest BCUT2D eigenvalue weighted by Crippen LogP contribution is -2.20. The number of anilines is 1. The fourth-order valence-corrected chi connectivity index (χ4v) is 10.3. The number of pyridine rings is 2. The molecule has 1 saturated carbocycles. The lowest BCUT2D eigenvalue weighted by Gasteiger charge is -2.13. The Hall–Kier alpha value is -7.66. The van der Waals surface area contributed by atoms with Crippen LogP contribution in [-0.4, -0.2) is 53.5 Å². The highest BCUT2D eigenvalue weighted by Crippen LogP contribution is 2.42. The molecule has 13 nitrogen and oxygen atoms in total. The third-order valence-corrected chi connectivity index (χ3v) is 13.8. The number of aromatic amines is 1. The first-order chi connectivity index (χ1) is 30.8. The normalized spacial score (nSPS) is 13.7. The van der Waals surface area contributed by atoms with Gasteiger partial charge in [-0.2, -0.15) is 13.2 Å². The van der Waals surface area contributed by atoms with Gasteiger partial charge < -0.3 is 14.0 Å². The Morgan fingerprint density at radius 1 is 0.734 bits per heavy atom. The van der Waals surface area contributed by atoms with E-state index in [1.807, 2.05) is 67.6 Å². The van der Waals surface area contributed by atoms with Gasteiger partial charge in [0.1, 0.15) is 22.9 Å². The van der Waals surface area contributed by atoms with Crippen LogP contribution in [0.15, 0.2) is 106 Å². The molecule has 2 N–H and O–H groups in total. The zero-order chi connectivity index (χ0) is 43.8. The van der Waals surface area contributed by atoms with Crippen molar-refractivity contribution < 1.29 is 30.6 Å². The molecule has 0 saturated heterocycles. The zero-order valence-electron chi connectivity index (χ0n) is 34.0. The number of hydrogen-bond donors (Lipinski definition) is 2. The van der Waals surface area contributed by atoms with Crippen molar-refractivity contribution in [3.63, 3.8) is 0 Å². The number of hydrogen-bond acceptors (Lipinski definition) is 10. The Balaban J connectivity index is 1.15. The summed E-state index contributed by atoms with van der Waals surface area (Å²) in [4.78, 5) is 21.6. The zero-order valence-corrected chi connectivity index (χ0v) is 34.9. The standard InChI is InChI=1S/C47H32F3N9O4S/c1-22-39(23(2)62-56-22)27-18-33(43-36(20-27)53-45(54-43)47(48,49)50)30-9-5-11-35-31(30)14-15-38(52-35)59-37-21-28-19-34(44(37)55-46(59)58-64(60,61)29-12-13-29)32-10-6-16-51-41(32)25-7-4-8-26(17-25)42-40(28)24(3)63-57-42/h4-11,14-21,29H,12-13H2,1-3H3,(H,53,54)(H,55,58). The number of nitrogens with zero attached hydrogens (tertiary/aromatic N) is 7. The molecule has 6 aromatic heterocycles. The summed E-state index contributed by atoms with van der Waals surface area (Å²) in [7, 11) is -3.85. The van der Waals surface area contributed by atoms with Gasteiger partial charge in [-0.25, -0.2) is 23.4 Å². The molecule has 12 rings (SSSR count). The number of H-pyrrole nitrogens is 1. The molecule has 0 aliphatic heterocycles. The van der Waals surface area contributed by atoms with E-state index in [0.29, 0.717) is 96.5 Å². The lowest BCUT2D eigenvalue weighted by atomic mass is 9.94. The van der Waals surface area contributed by atoms with Crippen LogP contribution in [0, 0.1) is 20.8 Å². The lowest BCUT2D eigenvalue weighted by molar-refractivity contribution is -0.144. The number of rotatable bonds is 6. The van der Waals surface area contributed by atoms with Crippen LogP contribution < -0.4 is 4.72 Å². The minimum Gasteiger partial charge on any atom is -0.361 e. The van der Waals surface area contributed by atoms with Gasteiger partial charge in [0.05, 0.1) is 49.4 Å². The summed E-state index contributed by atoms with van der Waals surface area (Å²) < 4.78 is 85.8. The second-order valence-corrected chi connectivity index (χ2v) is 18.2. The van der Waals surface area contributed by atoms with Crippen LogP contribution in [0.3, 0.4) is 0 Å². The second-order valence-electron chi connectivity index (χ2n) is 16.2. The summed E-state index contributed by atoms with van der Waals surface area (Å²) >= 11 is 0. The first kappa shape index (κ1) is 38.0. The van der Waals surface area contributed by atoms with E-state index in [4.69, 9.17) is 24.0 Å². The van der Waals surface area contributed by atoms with Crippen LogP contribution in [0.25, 0.3) is 104 Å². The predicted molar refractivity (Wildman–Crippen MR) is 238 cm³/mol. The van der Waals surface area contributed by atoms with Crippen LogP contribution in [0.1, 0.15) is 35.9 Å². The maximum atomic E-state index is 14.2. The van der Waals surface area contributed by atoms with E-state index in [2.05, 4.69) is 25.0 Å². The summed E-state index contributed by atoms with van der Waals surface area (Å²) in [6, 6.07) is 28.0. The van der Waals surface area contributed by atoms with Gasteiger partial charge in [-0.1, -0.05) is 46.7 Å². The van der Waals surface area contributed by atoms with Gasteiger partial charge in [-0.05, 0) is 105 Å². The Bertz CT molecular complexity index is 3940. The highest BCUT2D eigenvalue weighted by molar-refractivity contribution is 7.93. The Morgan fingerprint density at radius 3 is 2.31 bits per heavy atom. The monoisotopic (exact) mass is 875 g/mol. The summed E-state index contributed by atoms with van der Waals surface area (Å²) in [5, 5.41) is 13.3. The number of aryl methyl sites for hydroxylation is 3. The van der Waals surface area contributed by atoms with Gasteiger partial charge in [-0.15, -0.1) is 0 Å². The van der Waals surface area contributed by atoms with Gasteiger partial charge in [0, 0.05) is 44.3 Å². The molecular weight excluding hydrogens is 844 g/mol. The maximum absolute atomic E-state index is 14.2. The Kier molecular flexibility index (Phi) is 7.98. The van der Waals surface area contributed by atoms with E-state index in [1.54, 1.807) is 54.9 Å². The number of fused-ring (bicyclic) bond motifs is 14. The minimum atomic E-state index is -4.73. The minimum absolute atomic E-state index is 0.0384. The van der Waals surface area contributed by atoms with Crippen molar-refractivity contribution in [1.29, 1.82) is 0 Å². The van der Waals surface area contributed by atoms with Gasteiger partial charge >= 0.3 is 6.18 Å². The van der Waals surface area contributed by atoms with Crippen molar-refractivity contribution in [2.24, 2.45) is 0 Å².